The van der Waals surface area contributed by atoms with Crippen LogP contribution in [-0.4, -0.2) is 0 Å². The van der Waals surface area contributed by atoms with Crippen molar-refractivity contribution in [3.63, 3.8) is 0 Å². The van der Waals surface area contributed by atoms with Gasteiger partial charge in [-0.25, -0.2) is 8.78 Å². The van der Waals surface area contributed by atoms with Crippen molar-refractivity contribution in [3.05, 3.63) is 63.6 Å². The van der Waals surface area contributed by atoms with E-state index in [9.17, 15) is 22.0 Å². The number of alkyl halides is 3. The maximum atomic E-state index is 13.6. The first-order valence-corrected chi connectivity index (χ1v) is 6.62. The van der Waals surface area contributed by atoms with Crippen LogP contribution in [-0.2, 0) is 12.7 Å². The Labute approximate surface area is 125 Å². The van der Waals surface area contributed by atoms with E-state index in [1.165, 1.54) is 18.2 Å². The minimum atomic E-state index is -4.50. The van der Waals surface area contributed by atoms with Crippen LogP contribution in [0.15, 0.2) is 40.9 Å². The van der Waals surface area contributed by atoms with Crippen LogP contribution in [0.5, 0.6) is 0 Å². The van der Waals surface area contributed by atoms with Crippen molar-refractivity contribution in [2.45, 2.75) is 12.7 Å². The molecule has 0 aliphatic rings. The third-order valence-electron chi connectivity index (χ3n) is 2.80. The van der Waals surface area contributed by atoms with Crippen LogP contribution in [0.3, 0.4) is 0 Å². The molecule has 0 fully saturated rings. The van der Waals surface area contributed by atoms with Crippen molar-refractivity contribution in [2.75, 3.05) is 5.32 Å². The number of hydrogen-bond donors (Lipinski definition) is 1. The lowest BCUT2D eigenvalue weighted by Gasteiger charge is -2.14. The summed E-state index contributed by atoms with van der Waals surface area (Å²) in [6.07, 6.45) is -4.50. The highest BCUT2D eigenvalue weighted by atomic mass is 79.9. The van der Waals surface area contributed by atoms with E-state index in [-0.39, 0.29) is 22.3 Å². The zero-order chi connectivity index (χ0) is 15.6. The van der Waals surface area contributed by atoms with Gasteiger partial charge in [-0.3, -0.25) is 0 Å². The van der Waals surface area contributed by atoms with Gasteiger partial charge >= 0.3 is 6.18 Å². The largest absolute Gasteiger partial charge is 0.416 e. The van der Waals surface area contributed by atoms with Crippen molar-refractivity contribution < 1.29 is 22.0 Å². The molecule has 0 amide bonds. The molecule has 7 heteroatoms. The van der Waals surface area contributed by atoms with Gasteiger partial charge in [-0.15, -0.1) is 0 Å². The number of nitrogens with one attached hydrogen (secondary N) is 1. The maximum Gasteiger partial charge on any atom is 0.416 e. The Balaban J connectivity index is 2.23. The summed E-state index contributed by atoms with van der Waals surface area (Å²) in [5.41, 5.74) is -1.06. The summed E-state index contributed by atoms with van der Waals surface area (Å²) in [6, 6.07) is 6.73. The first-order chi connectivity index (χ1) is 9.79. The summed E-state index contributed by atoms with van der Waals surface area (Å²) >= 11 is 2.82. The molecule has 0 saturated heterocycles. The summed E-state index contributed by atoms with van der Waals surface area (Å²) in [5.74, 6) is -1.46. The SMILES string of the molecule is Fc1cc(NCc2ccccc2C(F)(F)F)c(F)cc1Br. The van der Waals surface area contributed by atoms with E-state index in [0.717, 1.165) is 18.2 Å². The van der Waals surface area contributed by atoms with Crippen LogP contribution in [0.25, 0.3) is 0 Å². The van der Waals surface area contributed by atoms with Crippen LogP contribution in [0.2, 0.25) is 0 Å². The lowest BCUT2D eigenvalue weighted by Crippen LogP contribution is -2.12. The van der Waals surface area contributed by atoms with Gasteiger partial charge in [0.2, 0.25) is 0 Å². The van der Waals surface area contributed by atoms with Gasteiger partial charge in [-0.05, 0) is 33.6 Å². The summed E-state index contributed by atoms with van der Waals surface area (Å²) in [7, 11) is 0. The Kier molecular flexibility index (Phi) is 4.51. The molecule has 0 bridgehead atoms. The van der Waals surface area contributed by atoms with Crippen LogP contribution in [0.4, 0.5) is 27.6 Å². The summed E-state index contributed by atoms with van der Waals surface area (Å²) in [6.45, 7) is -0.270. The van der Waals surface area contributed by atoms with E-state index in [0.29, 0.717) is 0 Å². The topological polar surface area (TPSA) is 12.0 Å². The molecule has 0 unspecified atom stereocenters. The van der Waals surface area contributed by atoms with E-state index < -0.39 is 23.4 Å². The third kappa shape index (κ3) is 3.72. The Morgan fingerprint density at radius 1 is 1.00 bits per heavy atom. The zero-order valence-corrected chi connectivity index (χ0v) is 12.0. The monoisotopic (exact) mass is 365 g/mol. The van der Waals surface area contributed by atoms with Crippen molar-refractivity contribution in [3.8, 4) is 0 Å². The summed E-state index contributed by atoms with van der Waals surface area (Å²) < 4.78 is 65.3. The average Bonchev–Trinajstić information content (AvgIpc) is 2.41. The molecular weight excluding hydrogens is 357 g/mol. The van der Waals surface area contributed by atoms with Crippen LogP contribution in [0.1, 0.15) is 11.1 Å². The highest BCUT2D eigenvalue weighted by Gasteiger charge is 2.32. The Bertz CT molecular complexity index is 654. The molecule has 0 heterocycles. The number of rotatable bonds is 3. The molecule has 1 N–H and O–H groups in total. The van der Waals surface area contributed by atoms with Gasteiger partial charge < -0.3 is 5.32 Å². The van der Waals surface area contributed by atoms with E-state index in [1.807, 2.05) is 0 Å². The highest BCUT2D eigenvalue weighted by Crippen LogP contribution is 2.32. The van der Waals surface area contributed by atoms with Gasteiger partial charge in [0.15, 0.2) is 0 Å². The molecule has 2 aromatic rings. The Morgan fingerprint density at radius 3 is 2.33 bits per heavy atom. The lowest BCUT2D eigenvalue weighted by atomic mass is 10.1. The molecule has 0 aliphatic carbocycles. The van der Waals surface area contributed by atoms with E-state index in [4.69, 9.17) is 0 Å². The van der Waals surface area contributed by atoms with Gasteiger partial charge in [0.25, 0.3) is 0 Å². The normalized spacial score (nSPS) is 11.5. The molecule has 112 valence electrons. The smallest absolute Gasteiger partial charge is 0.378 e. The van der Waals surface area contributed by atoms with Crippen molar-refractivity contribution in [2.24, 2.45) is 0 Å². The van der Waals surface area contributed by atoms with Crippen LogP contribution < -0.4 is 5.32 Å². The number of anilines is 1. The fraction of sp³-hybridized carbons (Fsp3) is 0.143. The lowest BCUT2D eigenvalue weighted by molar-refractivity contribution is -0.138. The number of hydrogen-bond acceptors (Lipinski definition) is 1. The number of benzene rings is 2. The standard InChI is InChI=1S/C14H9BrF5N/c15-10-5-12(17)13(6-11(10)16)21-7-8-3-1-2-4-9(8)14(18,19)20/h1-6,21H,7H2. The van der Waals surface area contributed by atoms with Crippen molar-refractivity contribution in [1.82, 2.24) is 0 Å². The Morgan fingerprint density at radius 2 is 1.67 bits per heavy atom. The summed E-state index contributed by atoms with van der Waals surface area (Å²) in [4.78, 5) is 0. The molecule has 0 atom stereocenters. The molecular formula is C14H9BrF5N. The molecule has 2 aromatic carbocycles. The van der Waals surface area contributed by atoms with E-state index in [2.05, 4.69) is 21.2 Å². The molecule has 0 aliphatic heterocycles. The number of halogens is 6. The van der Waals surface area contributed by atoms with E-state index >= 15 is 0 Å². The maximum absolute atomic E-state index is 13.6. The van der Waals surface area contributed by atoms with Gasteiger partial charge in [-0.2, -0.15) is 13.2 Å². The van der Waals surface area contributed by atoms with Gasteiger partial charge in [0, 0.05) is 12.6 Å². The second-order valence-electron chi connectivity index (χ2n) is 4.25. The second-order valence-corrected chi connectivity index (χ2v) is 5.11. The van der Waals surface area contributed by atoms with E-state index in [1.54, 1.807) is 0 Å². The Hall–Kier alpha value is -1.63. The summed E-state index contributed by atoms with van der Waals surface area (Å²) in [5, 5.41) is 2.47. The minimum absolute atomic E-state index is 0.0484. The van der Waals surface area contributed by atoms with Crippen LogP contribution in [0, 0.1) is 11.6 Å². The third-order valence-corrected chi connectivity index (χ3v) is 3.41. The molecule has 0 saturated carbocycles. The molecule has 0 radical (unpaired) electrons. The van der Waals surface area contributed by atoms with Gasteiger partial charge in [0.1, 0.15) is 11.6 Å². The van der Waals surface area contributed by atoms with Crippen molar-refractivity contribution in [1.29, 1.82) is 0 Å². The zero-order valence-electron chi connectivity index (χ0n) is 10.4. The fourth-order valence-electron chi connectivity index (χ4n) is 1.80. The van der Waals surface area contributed by atoms with Gasteiger partial charge in [0.05, 0.1) is 15.7 Å². The van der Waals surface area contributed by atoms with Gasteiger partial charge in [-0.1, -0.05) is 18.2 Å². The molecule has 1 nitrogen and oxygen atoms in total. The molecule has 0 spiro atoms. The fourth-order valence-corrected chi connectivity index (χ4v) is 2.11. The minimum Gasteiger partial charge on any atom is -0.378 e. The average molecular weight is 366 g/mol. The first kappa shape index (κ1) is 15.8. The molecule has 21 heavy (non-hydrogen) atoms. The molecule has 0 aromatic heterocycles. The first-order valence-electron chi connectivity index (χ1n) is 5.82. The second kappa shape index (κ2) is 6.01. The predicted octanol–water partition coefficient (Wildman–Crippen LogP) is 5.36. The predicted molar refractivity (Wildman–Crippen MR) is 72.8 cm³/mol. The molecule has 2 rings (SSSR count). The highest BCUT2D eigenvalue weighted by molar-refractivity contribution is 9.10. The van der Waals surface area contributed by atoms with Crippen molar-refractivity contribution >= 4 is 21.6 Å². The van der Waals surface area contributed by atoms with Crippen LogP contribution >= 0.6 is 15.9 Å². The quantitative estimate of drug-likeness (QED) is 0.570.